The number of aliphatic imine (C=N–C) groups is 1. The predicted octanol–water partition coefficient (Wildman–Crippen LogP) is 2.16. The van der Waals surface area contributed by atoms with Gasteiger partial charge in [0.2, 0.25) is 0 Å². The van der Waals surface area contributed by atoms with Crippen LogP contribution in [0.25, 0.3) is 0 Å². The molecule has 26 heavy (non-hydrogen) atoms. The van der Waals surface area contributed by atoms with Gasteiger partial charge in [0.15, 0.2) is 5.96 Å². The summed E-state index contributed by atoms with van der Waals surface area (Å²) in [7, 11) is 3.77. The summed E-state index contributed by atoms with van der Waals surface area (Å²) >= 11 is 0. The van der Waals surface area contributed by atoms with Crippen LogP contribution < -0.4 is 5.32 Å². The normalized spacial score (nSPS) is 22.2. The highest BCUT2D eigenvalue weighted by molar-refractivity contribution is 14.0. The van der Waals surface area contributed by atoms with Gasteiger partial charge in [-0.1, -0.05) is 0 Å². The second kappa shape index (κ2) is 11.1. The number of piperidine rings is 1. The van der Waals surface area contributed by atoms with Crippen LogP contribution in [-0.4, -0.2) is 66.2 Å². The van der Waals surface area contributed by atoms with Crippen LogP contribution in [0.15, 0.2) is 17.4 Å². The molecule has 0 aromatic carbocycles. The van der Waals surface area contributed by atoms with Crippen LogP contribution in [0.4, 0.5) is 0 Å². The van der Waals surface area contributed by atoms with Crippen molar-refractivity contribution in [1.29, 1.82) is 0 Å². The number of aryl methyl sites for hydroxylation is 1. The molecule has 2 fully saturated rings. The van der Waals surface area contributed by atoms with Crippen LogP contribution in [0.2, 0.25) is 0 Å². The lowest BCUT2D eigenvalue weighted by Crippen LogP contribution is -2.47. The van der Waals surface area contributed by atoms with Crippen molar-refractivity contribution in [2.24, 2.45) is 12.0 Å². The molecule has 1 aromatic rings. The van der Waals surface area contributed by atoms with E-state index in [-0.39, 0.29) is 24.0 Å². The van der Waals surface area contributed by atoms with Gasteiger partial charge in [0, 0.05) is 52.1 Å². The quantitative estimate of drug-likeness (QED) is 0.400. The van der Waals surface area contributed by atoms with Gasteiger partial charge in [0.05, 0.1) is 25.0 Å². The third-order valence-electron chi connectivity index (χ3n) is 4.95. The maximum absolute atomic E-state index is 6.09. The SMILES string of the molecule is CN=C(NCc1cnn(C)c1)N1CCC(OCC2CCCCO2)CC1.I. The Morgan fingerprint density at radius 1 is 1.35 bits per heavy atom. The lowest BCUT2D eigenvalue weighted by atomic mass is 10.1. The molecule has 7 nitrogen and oxygen atoms in total. The molecule has 148 valence electrons. The first-order valence-electron chi connectivity index (χ1n) is 9.41. The molecule has 0 saturated carbocycles. The first-order valence-corrected chi connectivity index (χ1v) is 9.41. The Kier molecular flexibility index (Phi) is 9.13. The topological polar surface area (TPSA) is 63.9 Å². The largest absolute Gasteiger partial charge is 0.376 e. The van der Waals surface area contributed by atoms with Gasteiger partial charge in [-0.3, -0.25) is 9.67 Å². The minimum atomic E-state index is 0. The van der Waals surface area contributed by atoms with E-state index >= 15 is 0 Å². The van der Waals surface area contributed by atoms with Crippen molar-refractivity contribution in [2.45, 2.75) is 50.9 Å². The van der Waals surface area contributed by atoms with E-state index in [9.17, 15) is 0 Å². The molecule has 2 aliphatic heterocycles. The molecule has 2 saturated heterocycles. The first kappa shape index (κ1) is 21.4. The summed E-state index contributed by atoms with van der Waals surface area (Å²) in [6.07, 6.45) is 10.2. The minimum Gasteiger partial charge on any atom is -0.376 e. The Bertz CT molecular complexity index is 552. The summed E-state index contributed by atoms with van der Waals surface area (Å²) < 4.78 is 13.7. The summed E-state index contributed by atoms with van der Waals surface area (Å²) in [5, 5.41) is 7.63. The lowest BCUT2D eigenvalue weighted by molar-refractivity contribution is -0.0721. The molecule has 1 unspecified atom stereocenters. The summed E-state index contributed by atoms with van der Waals surface area (Å²) in [4.78, 5) is 6.73. The Morgan fingerprint density at radius 3 is 2.77 bits per heavy atom. The zero-order valence-corrected chi connectivity index (χ0v) is 18.2. The van der Waals surface area contributed by atoms with Crippen molar-refractivity contribution in [3.05, 3.63) is 18.0 Å². The number of aromatic nitrogens is 2. The highest BCUT2D eigenvalue weighted by Crippen LogP contribution is 2.18. The molecule has 0 bridgehead atoms. The highest BCUT2D eigenvalue weighted by atomic mass is 127. The number of hydrogen-bond acceptors (Lipinski definition) is 4. The number of likely N-dealkylation sites (tertiary alicyclic amines) is 1. The molecule has 3 heterocycles. The van der Waals surface area contributed by atoms with Gasteiger partial charge in [-0.2, -0.15) is 5.10 Å². The third-order valence-corrected chi connectivity index (χ3v) is 4.95. The second-order valence-corrected chi connectivity index (χ2v) is 6.93. The number of nitrogens with zero attached hydrogens (tertiary/aromatic N) is 4. The summed E-state index contributed by atoms with van der Waals surface area (Å²) in [5.74, 6) is 0.956. The third kappa shape index (κ3) is 6.38. The lowest BCUT2D eigenvalue weighted by Gasteiger charge is -2.35. The molecule has 8 heteroatoms. The fourth-order valence-corrected chi connectivity index (χ4v) is 3.49. The fraction of sp³-hybridized carbons (Fsp3) is 0.778. The Morgan fingerprint density at radius 2 is 2.15 bits per heavy atom. The van der Waals surface area contributed by atoms with Gasteiger partial charge >= 0.3 is 0 Å². The number of hydrogen-bond donors (Lipinski definition) is 1. The molecule has 1 aromatic heterocycles. The zero-order valence-electron chi connectivity index (χ0n) is 15.9. The van der Waals surface area contributed by atoms with Crippen LogP contribution in [0.5, 0.6) is 0 Å². The number of nitrogens with one attached hydrogen (secondary N) is 1. The molecule has 1 N–H and O–H groups in total. The van der Waals surface area contributed by atoms with Crippen LogP contribution in [0.3, 0.4) is 0 Å². The van der Waals surface area contributed by atoms with Crippen molar-refractivity contribution in [3.63, 3.8) is 0 Å². The highest BCUT2D eigenvalue weighted by Gasteiger charge is 2.23. The number of halogens is 1. The van der Waals surface area contributed by atoms with Gasteiger partial charge in [-0.15, -0.1) is 24.0 Å². The molecule has 3 rings (SSSR count). The standard InChI is InChI=1S/C18H31N5O2.HI/c1-19-18(20-11-15-12-21-22(2)13-15)23-8-6-16(7-9-23)25-14-17-5-3-4-10-24-17;/h12-13,16-17H,3-11,14H2,1-2H3,(H,19,20);1H. The Balaban J connectivity index is 0.00000243. The zero-order chi connectivity index (χ0) is 17.5. The molecular weight excluding hydrogens is 445 g/mol. The van der Waals surface area contributed by atoms with Gasteiger partial charge in [0.1, 0.15) is 0 Å². The van der Waals surface area contributed by atoms with E-state index in [0.29, 0.717) is 12.2 Å². The molecule has 0 radical (unpaired) electrons. The summed E-state index contributed by atoms with van der Waals surface area (Å²) in [6, 6.07) is 0. The van der Waals surface area contributed by atoms with E-state index < -0.39 is 0 Å². The van der Waals surface area contributed by atoms with Gasteiger partial charge in [-0.05, 0) is 32.1 Å². The van der Waals surface area contributed by atoms with Crippen LogP contribution in [0, 0.1) is 0 Å². The smallest absolute Gasteiger partial charge is 0.193 e. The molecule has 0 spiro atoms. The van der Waals surface area contributed by atoms with Gasteiger partial charge in [-0.25, -0.2) is 0 Å². The van der Waals surface area contributed by atoms with Gasteiger partial charge in [0.25, 0.3) is 0 Å². The summed E-state index contributed by atoms with van der Waals surface area (Å²) in [6.45, 7) is 4.34. The maximum atomic E-state index is 6.09. The predicted molar refractivity (Wildman–Crippen MR) is 113 cm³/mol. The van der Waals surface area contributed by atoms with Crippen molar-refractivity contribution in [2.75, 3.05) is 33.4 Å². The van der Waals surface area contributed by atoms with E-state index in [1.807, 2.05) is 31.2 Å². The summed E-state index contributed by atoms with van der Waals surface area (Å²) in [5.41, 5.74) is 1.16. The van der Waals surface area contributed by atoms with E-state index in [2.05, 4.69) is 20.3 Å². The van der Waals surface area contributed by atoms with E-state index in [4.69, 9.17) is 9.47 Å². The Labute approximate surface area is 173 Å². The monoisotopic (exact) mass is 477 g/mol. The molecule has 0 amide bonds. The molecular formula is C18H32IN5O2. The van der Waals surface area contributed by atoms with E-state index in [1.54, 1.807) is 0 Å². The second-order valence-electron chi connectivity index (χ2n) is 6.93. The van der Waals surface area contributed by atoms with Crippen LogP contribution >= 0.6 is 24.0 Å². The van der Waals surface area contributed by atoms with Crippen molar-refractivity contribution in [3.8, 4) is 0 Å². The van der Waals surface area contributed by atoms with Crippen molar-refractivity contribution < 1.29 is 9.47 Å². The van der Waals surface area contributed by atoms with Crippen molar-refractivity contribution >= 4 is 29.9 Å². The van der Waals surface area contributed by atoms with E-state index in [1.165, 1.54) is 12.8 Å². The van der Waals surface area contributed by atoms with Crippen molar-refractivity contribution in [1.82, 2.24) is 20.0 Å². The number of rotatable bonds is 5. The molecule has 2 aliphatic rings. The fourth-order valence-electron chi connectivity index (χ4n) is 3.49. The molecule has 0 aliphatic carbocycles. The van der Waals surface area contributed by atoms with Crippen LogP contribution in [-0.2, 0) is 23.1 Å². The number of ether oxygens (including phenoxy) is 2. The number of guanidine groups is 1. The van der Waals surface area contributed by atoms with Crippen LogP contribution in [0.1, 0.15) is 37.7 Å². The minimum absolute atomic E-state index is 0. The Hall–Kier alpha value is -0.870. The average molecular weight is 477 g/mol. The van der Waals surface area contributed by atoms with Gasteiger partial charge < -0.3 is 19.7 Å². The molecule has 1 atom stereocenters. The van der Waals surface area contributed by atoms with E-state index in [0.717, 1.165) is 63.6 Å². The average Bonchev–Trinajstić information content (AvgIpc) is 3.07. The maximum Gasteiger partial charge on any atom is 0.193 e. The first-order chi connectivity index (χ1) is 12.2.